The second-order valence-electron chi connectivity index (χ2n) is 6.43. The molecule has 9 heteroatoms. The molecule has 1 heterocycles. The molecule has 3 aromatic rings. The number of halogens is 2. The van der Waals surface area contributed by atoms with Crippen LogP contribution in [-0.2, 0) is 18.4 Å². The molecule has 0 spiro atoms. The zero-order chi connectivity index (χ0) is 21.0. The van der Waals surface area contributed by atoms with Crippen LogP contribution in [0.4, 0.5) is 10.1 Å². The lowest BCUT2D eigenvalue weighted by Crippen LogP contribution is -2.16. The highest BCUT2D eigenvalue weighted by Gasteiger charge is 2.13. The highest BCUT2D eigenvalue weighted by atomic mass is 35.5. The predicted molar refractivity (Wildman–Crippen MR) is 112 cm³/mol. The first-order valence-electron chi connectivity index (χ1n) is 8.80. The third-order valence-electron chi connectivity index (χ3n) is 4.26. The van der Waals surface area contributed by atoms with E-state index in [4.69, 9.17) is 16.3 Å². The van der Waals surface area contributed by atoms with Crippen LogP contribution in [0.25, 0.3) is 0 Å². The molecule has 1 amide bonds. The number of thioether (sulfide) groups is 1. The van der Waals surface area contributed by atoms with E-state index in [1.807, 2.05) is 32.0 Å². The Bertz CT molecular complexity index is 1020. The molecule has 0 aliphatic heterocycles. The van der Waals surface area contributed by atoms with Crippen LogP contribution in [-0.4, -0.2) is 26.4 Å². The maximum Gasteiger partial charge on any atom is 0.234 e. The van der Waals surface area contributed by atoms with Gasteiger partial charge in [-0.3, -0.25) is 4.79 Å². The highest BCUT2D eigenvalue weighted by molar-refractivity contribution is 7.99. The Hall–Kier alpha value is -2.58. The van der Waals surface area contributed by atoms with Crippen molar-refractivity contribution in [1.82, 2.24) is 14.8 Å². The summed E-state index contributed by atoms with van der Waals surface area (Å²) in [7, 11) is 1.79. The van der Waals surface area contributed by atoms with Crippen molar-refractivity contribution in [2.24, 2.45) is 7.05 Å². The van der Waals surface area contributed by atoms with Gasteiger partial charge in [-0.1, -0.05) is 41.6 Å². The third kappa shape index (κ3) is 5.27. The lowest BCUT2D eigenvalue weighted by Gasteiger charge is -2.11. The Kier molecular flexibility index (Phi) is 6.76. The lowest BCUT2D eigenvalue weighted by atomic mass is 10.1. The number of carbonyl (C=O) groups is 1. The molecule has 0 aliphatic carbocycles. The minimum Gasteiger partial charge on any atom is -0.486 e. The van der Waals surface area contributed by atoms with Crippen LogP contribution in [0, 0.1) is 19.7 Å². The fourth-order valence-corrected chi connectivity index (χ4v) is 3.53. The predicted octanol–water partition coefficient (Wildman–Crippen LogP) is 4.53. The molecule has 0 unspecified atom stereocenters. The van der Waals surface area contributed by atoms with Gasteiger partial charge >= 0.3 is 0 Å². The van der Waals surface area contributed by atoms with Gasteiger partial charge in [0.25, 0.3) is 0 Å². The molecule has 29 heavy (non-hydrogen) atoms. The Morgan fingerprint density at radius 1 is 1.24 bits per heavy atom. The topological polar surface area (TPSA) is 69.0 Å². The molecule has 152 valence electrons. The third-order valence-corrected chi connectivity index (χ3v) is 5.57. The molecule has 0 saturated heterocycles. The molecular weight excluding hydrogens is 415 g/mol. The Balaban J connectivity index is 1.56. The first kappa shape index (κ1) is 21.1. The Labute approximate surface area is 177 Å². The van der Waals surface area contributed by atoms with Crippen molar-refractivity contribution in [3.8, 4) is 5.75 Å². The van der Waals surface area contributed by atoms with Gasteiger partial charge in [-0.25, -0.2) is 4.39 Å². The highest BCUT2D eigenvalue weighted by Crippen LogP contribution is 2.23. The van der Waals surface area contributed by atoms with Gasteiger partial charge in [-0.2, -0.15) is 0 Å². The first-order valence-corrected chi connectivity index (χ1v) is 10.2. The van der Waals surface area contributed by atoms with E-state index < -0.39 is 5.82 Å². The number of ether oxygens (including phenoxy) is 1. The van der Waals surface area contributed by atoms with E-state index in [9.17, 15) is 9.18 Å². The molecule has 0 atom stereocenters. The maximum atomic E-state index is 13.2. The smallest absolute Gasteiger partial charge is 0.234 e. The number of nitrogens with one attached hydrogen (secondary N) is 1. The van der Waals surface area contributed by atoms with Gasteiger partial charge in [0.05, 0.1) is 10.8 Å². The molecule has 3 rings (SSSR count). The summed E-state index contributed by atoms with van der Waals surface area (Å²) >= 11 is 7.03. The second-order valence-corrected chi connectivity index (χ2v) is 7.78. The SMILES string of the molecule is Cc1cccc(C)c1NC(=O)CSc1nnc(COc2ccc(F)c(Cl)c2)n1C. The van der Waals surface area contributed by atoms with Crippen molar-refractivity contribution in [3.63, 3.8) is 0 Å². The van der Waals surface area contributed by atoms with Gasteiger partial charge in [-0.05, 0) is 37.1 Å². The Morgan fingerprint density at radius 3 is 2.66 bits per heavy atom. The van der Waals surface area contributed by atoms with Crippen molar-refractivity contribution in [2.45, 2.75) is 25.6 Å². The normalized spacial score (nSPS) is 10.8. The number of carbonyl (C=O) groups excluding carboxylic acids is 1. The van der Waals surface area contributed by atoms with Crippen LogP contribution in [0.15, 0.2) is 41.6 Å². The summed E-state index contributed by atoms with van der Waals surface area (Å²) in [5.41, 5.74) is 2.87. The van der Waals surface area contributed by atoms with E-state index in [-0.39, 0.29) is 23.3 Å². The summed E-state index contributed by atoms with van der Waals surface area (Å²) in [4.78, 5) is 12.3. The molecule has 2 aromatic carbocycles. The lowest BCUT2D eigenvalue weighted by molar-refractivity contribution is -0.113. The number of para-hydroxylation sites is 1. The molecule has 0 fully saturated rings. The minimum absolute atomic E-state index is 0.00777. The van der Waals surface area contributed by atoms with Gasteiger partial charge in [-0.15, -0.1) is 10.2 Å². The van der Waals surface area contributed by atoms with Crippen LogP contribution < -0.4 is 10.1 Å². The summed E-state index contributed by atoms with van der Waals surface area (Å²) in [5, 5.41) is 11.7. The quantitative estimate of drug-likeness (QED) is 0.553. The van der Waals surface area contributed by atoms with Crippen LogP contribution in [0.3, 0.4) is 0 Å². The van der Waals surface area contributed by atoms with Gasteiger partial charge in [0.15, 0.2) is 11.0 Å². The van der Waals surface area contributed by atoms with Gasteiger partial charge in [0.1, 0.15) is 18.2 Å². The molecule has 0 saturated carbocycles. The molecule has 0 aliphatic rings. The zero-order valence-corrected chi connectivity index (χ0v) is 17.8. The van der Waals surface area contributed by atoms with E-state index >= 15 is 0 Å². The monoisotopic (exact) mass is 434 g/mol. The average Bonchev–Trinajstić information content (AvgIpc) is 3.04. The molecule has 0 radical (unpaired) electrons. The van der Waals surface area contributed by atoms with Crippen molar-refractivity contribution >= 4 is 35.0 Å². The summed E-state index contributed by atoms with van der Waals surface area (Å²) in [5.74, 6) is 0.586. The first-order chi connectivity index (χ1) is 13.8. The van der Waals surface area contributed by atoms with Crippen molar-refractivity contribution in [1.29, 1.82) is 0 Å². The zero-order valence-electron chi connectivity index (χ0n) is 16.2. The fourth-order valence-electron chi connectivity index (χ4n) is 2.63. The van der Waals surface area contributed by atoms with E-state index in [0.717, 1.165) is 16.8 Å². The van der Waals surface area contributed by atoms with Gasteiger partial charge < -0.3 is 14.6 Å². The van der Waals surface area contributed by atoms with Crippen molar-refractivity contribution in [3.05, 3.63) is 64.2 Å². The van der Waals surface area contributed by atoms with Crippen LogP contribution >= 0.6 is 23.4 Å². The number of rotatable bonds is 7. The van der Waals surface area contributed by atoms with Crippen molar-refractivity contribution < 1.29 is 13.9 Å². The van der Waals surface area contributed by atoms with E-state index in [1.165, 1.54) is 30.0 Å². The van der Waals surface area contributed by atoms with E-state index in [2.05, 4.69) is 15.5 Å². The summed E-state index contributed by atoms with van der Waals surface area (Å²) in [6, 6.07) is 10.0. The number of hydrogen-bond acceptors (Lipinski definition) is 5. The largest absolute Gasteiger partial charge is 0.486 e. The molecule has 1 aromatic heterocycles. The molecule has 0 bridgehead atoms. The van der Waals surface area contributed by atoms with Crippen LogP contribution in [0.5, 0.6) is 5.75 Å². The van der Waals surface area contributed by atoms with E-state index in [1.54, 1.807) is 11.6 Å². The Morgan fingerprint density at radius 2 is 1.97 bits per heavy atom. The number of benzene rings is 2. The summed E-state index contributed by atoms with van der Waals surface area (Å²) in [6.45, 7) is 4.05. The van der Waals surface area contributed by atoms with Gasteiger partial charge in [0.2, 0.25) is 5.91 Å². The number of anilines is 1. The molecular formula is C20H20ClFN4O2S. The number of aromatic nitrogens is 3. The van der Waals surface area contributed by atoms with Gasteiger partial charge in [0, 0.05) is 18.8 Å². The summed E-state index contributed by atoms with van der Waals surface area (Å²) < 4.78 is 20.6. The van der Waals surface area contributed by atoms with E-state index in [0.29, 0.717) is 16.7 Å². The number of hydrogen-bond donors (Lipinski definition) is 1. The average molecular weight is 435 g/mol. The second kappa shape index (κ2) is 9.28. The molecule has 1 N–H and O–H groups in total. The summed E-state index contributed by atoms with van der Waals surface area (Å²) in [6.07, 6.45) is 0. The number of nitrogens with zero attached hydrogens (tertiary/aromatic N) is 3. The van der Waals surface area contributed by atoms with Crippen LogP contribution in [0.2, 0.25) is 5.02 Å². The molecule has 6 nitrogen and oxygen atoms in total. The van der Waals surface area contributed by atoms with Crippen molar-refractivity contribution in [2.75, 3.05) is 11.1 Å². The fraction of sp³-hybridized carbons (Fsp3) is 0.250. The number of amides is 1. The maximum absolute atomic E-state index is 13.2. The standard InChI is InChI=1S/C20H20ClFN4O2S/c1-12-5-4-6-13(2)19(12)23-18(27)11-29-20-25-24-17(26(20)3)10-28-14-7-8-16(22)15(21)9-14/h4-9H,10-11H2,1-3H3,(H,23,27). The number of aryl methyl sites for hydroxylation is 2. The van der Waals surface area contributed by atoms with Crippen LogP contribution in [0.1, 0.15) is 17.0 Å². The minimum atomic E-state index is -0.504.